The Hall–Kier alpha value is -8.52. The number of hydrogen-bond donors (Lipinski definition) is 0. The number of nitrogens with zero attached hydrogens (tertiary/aromatic N) is 1. The molecular formula is C66H45N. The minimum absolute atomic E-state index is 0.536. The SMILES string of the molecule is c1ccc(-c2cccc(C3(c4ccccc4)c4ccccc4-c4ccc(N(c5ccc6c(c5)C(c5ccccc5)(c5ccccc5)c5ccccc5-6)c5ccc6ccccc6c5)cc43)c2)cc1. The Labute approximate surface area is 392 Å². The van der Waals surface area contributed by atoms with Crippen LogP contribution in [-0.4, -0.2) is 0 Å². The second-order valence-electron chi connectivity index (χ2n) is 18.0. The van der Waals surface area contributed by atoms with Crippen LogP contribution < -0.4 is 4.90 Å². The van der Waals surface area contributed by atoms with E-state index in [1.165, 1.54) is 88.7 Å². The molecule has 0 spiro atoms. The van der Waals surface area contributed by atoms with Gasteiger partial charge in [0, 0.05) is 17.1 Å². The predicted molar refractivity (Wildman–Crippen MR) is 279 cm³/mol. The Morgan fingerprint density at radius 1 is 0.224 bits per heavy atom. The van der Waals surface area contributed by atoms with E-state index >= 15 is 0 Å². The maximum atomic E-state index is 2.50. The van der Waals surface area contributed by atoms with E-state index in [4.69, 9.17) is 0 Å². The van der Waals surface area contributed by atoms with Crippen LogP contribution in [0.15, 0.2) is 273 Å². The van der Waals surface area contributed by atoms with Gasteiger partial charge in [0.25, 0.3) is 0 Å². The molecule has 0 saturated carbocycles. The number of anilines is 3. The number of fused-ring (bicyclic) bond motifs is 7. The predicted octanol–water partition coefficient (Wildman–Crippen LogP) is 16.7. The van der Waals surface area contributed by atoms with Gasteiger partial charge in [-0.25, -0.2) is 0 Å². The molecule has 0 bridgehead atoms. The van der Waals surface area contributed by atoms with E-state index in [9.17, 15) is 0 Å². The molecule has 13 rings (SSSR count). The molecule has 0 amide bonds. The van der Waals surface area contributed by atoms with Gasteiger partial charge in [0.2, 0.25) is 0 Å². The van der Waals surface area contributed by atoms with Gasteiger partial charge in [0.05, 0.1) is 10.8 Å². The Kier molecular flexibility index (Phi) is 9.05. The smallest absolute Gasteiger partial charge is 0.0714 e. The fourth-order valence-corrected chi connectivity index (χ4v) is 11.8. The normalized spacial score (nSPS) is 15.0. The lowest BCUT2D eigenvalue weighted by Gasteiger charge is -2.36. The lowest BCUT2D eigenvalue weighted by Crippen LogP contribution is -2.29. The molecule has 11 aromatic rings. The van der Waals surface area contributed by atoms with Crippen molar-refractivity contribution in [2.75, 3.05) is 4.90 Å². The van der Waals surface area contributed by atoms with Crippen LogP contribution in [0.25, 0.3) is 44.2 Å². The molecule has 67 heavy (non-hydrogen) atoms. The van der Waals surface area contributed by atoms with Crippen molar-refractivity contribution in [1.29, 1.82) is 0 Å². The standard InChI is InChI=1S/C66H45N/c1-5-20-46(21-6-1)48-24-19-31-53(42-48)66(52-29-11-4-12-30-52)62-35-18-16-33-58(62)60-41-39-56(45-64(60)66)67(54-37-36-47-22-13-14-23-49(47)43-54)55-38-40-59-57-32-15-17-34-61(57)65(63(59)44-55,50-25-7-2-8-26-50)51-27-9-3-10-28-51/h1-45H. The molecule has 0 heterocycles. The highest BCUT2D eigenvalue weighted by Gasteiger charge is 2.48. The van der Waals surface area contributed by atoms with Gasteiger partial charge < -0.3 is 4.90 Å². The van der Waals surface area contributed by atoms with E-state index in [0.29, 0.717) is 0 Å². The van der Waals surface area contributed by atoms with Crippen LogP contribution in [0.5, 0.6) is 0 Å². The molecule has 2 aliphatic carbocycles. The van der Waals surface area contributed by atoms with Crippen molar-refractivity contribution < 1.29 is 0 Å². The van der Waals surface area contributed by atoms with Gasteiger partial charge >= 0.3 is 0 Å². The van der Waals surface area contributed by atoms with E-state index in [-0.39, 0.29) is 0 Å². The van der Waals surface area contributed by atoms with Crippen LogP contribution >= 0.6 is 0 Å². The molecule has 0 fully saturated rings. The first-order valence-electron chi connectivity index (χ1n) is 23.3. The van der Waals surface area contributed by atoms with E-state index in [1.54, 1.807) is 0 Å². The molecule has 1 atom stereocenters. The largest absolute Gasteiger partial charge is 0.310 e. The van der Waals surface area contributed by atoms with E-state index in [2.05, 4.69) is 278 Å². The van der Waals surface area contributed by atoms with Crippen molar-refractivity contribution in [1.82, 2.24) is 0 Å². The molecule has 0 radical (unpaired) electrons. The summed E-state index contributed by atoms with van der Waals surface area (Å²) in [6.07, 6.45) is 0. The lowest BCUT2D eigenvalue weighted by molar-refractivity contribution is 0.767. The van der Waals surface area contributed by atoms with Crippen LogP contribution in [0.2, 0.25) is 0 Å². The molecule has 0 aromatic heterocycles. The summed E-state index contributed by atoms with van der Waals surface area (Å²) in [6, 6.07) is 101. The topological polar surface area (TPSA) is 3.24 Å². The fourth-order valence-electron chi connectivity index (χ4n) is 11.8. The second-order valence-corrected chi connectivity index (χ2v) is 18.0. The Balaban J connectivity index is 1.09. The quantitative estimate of drug-likeness (QED) is 0.147. The second kappa shape index (κ2) is 15.6. The summed E-state index contributed by atoms with van der Waals surface area (Å²) in [6.45, 7) is 0. The zero-order chi connectivity index (χ0) is 44.4. The summed E-state index contributed by atoms with van der Waals surface area (Å²) in [5.41, 5.74) is 19.8. The minimum Gasteiger partial charge on any atom is -0.310 e. The monoisotopic (exact) mass is 851 g/mol. The van der Waals surface area contributed by atoms with Crippen LogP contribution in [0, 0.1) is 0 Å². The molecule has 1 unspecified atom stereocenters. The van der Waals surface area contributed by atoms with Crippen molar-refractivity contribution in [3.8, 4) is 33.4 Å². The van der Waals surface area contributed by atoms with E-state index in [0.717, 1.165) is 17.1 Å². The molecule has 0 aliphatic heterocycles. The number of hydrogen-bond acceptors (Lipinski definition) is 1. The first kappa shape index (κ1) is 38.9. The van der Waals surface area contributed by atoms with Gasteiger partial charge in [0.15, 0.2) is 0 Å². The fraction of sp³-hybridized carbons (Fsp3) is 0.0303. The third-order valence-corrected chi connectivity index (χ3v) is 14.6. The van der Waals surface area contributed by atoms with E-state index in [1.807, 2.05) is 0 Å². The summed E-state index contributed by atoms with van der Waals surface area (Å²) in [5, 5.41) is 2.42. The zero-order valence-electron chi connectivity index (χ0n) is 36.9. The highest BCUT2D eigenvalue weighted by molar-refractivity contribution is 5.94. The number of benzene rings is 11. The van der Waals surface area contributed by atoms with Gasteiger partial charge in [-0.3, -0.25) is 0 Å². The van der Waals surface area contributed by atoms with Crippen molar-refractivity contribution in [2.24, 2.45) is 0 Å². The Morgan fingerprint density at radius 2 is 0.612 bits per heavy atom. The highest BCUT2D eigenvalue weighted by Crippen LogP contribution is 2.60. The molecule has 314 valence electrons. The van der Waals surface area contributed by atoms with Crippen LogP contribution in [-0.2, 0) is 10.8 Å². The van der Waals surface area contributed by atoms with Crippen molar-refractivity contribution in [2.45, 2.75) is 10.8 Å². The molecule has 11 aromatic carbocycles. The first-order valence-corrected chi connectivity index (χ1v) is 23.3. The average Bonchev–Trinajstić information content (AvgIpc) is 3.88. The lowest BCUT2D eigenvalue weighted by atomic mass is 9.67. The summed E-state index contributed by atoms with van der Waals surface area (Å²) < 4.78 is 0. The van der Waals surface area contributed by atoms with Gasteiger partial charge in [-0.05, 0) is 131 Å². The Morgan fingerprint density at radius 3 is 1.16 bits per heavy atom. The summed E-state index contributed by atoms with van der Waals surface area (Å²) >= 11 is 0. The van der Waals surface area contributed by atoms with Crippen molar-refractivity contribution in [3.05, 3.63) is 317 Å². The summed E-state index contributed by atoms with van der Waals surface area (Å²) in [7, 11) is 0. The van der Waals surface area contributed by atoms with Crippen LogP contribution in [0.1, 0.15) is 44.5 Å². The van der Waals surface area contributed by atoms with Gasteiger partial charge in [-0.15, -0.1) is 0 Å². The van der Waals surface area contributed by atoms with Gasteiger partial charge in [0.1, 0.15) is 0 Å². The molecule has 1 heteroatoms. The van der Waals surface area contributed by atoms with Crippen LogP contribution in [0.4, 0.5) is 17.1 Å². The average molecular weight is 852 g/mol. The van der Waals surface area contributed by atoms with Gasteiger partial charge in [-0.2, -0.15) is 0 Å². The van der Waals surface area contributed by atoms with Gasteiger partial charge in [-0.1, -0.05) is 231 Å². The molecule has 1 nitrogen and oxygen atoms in total. The third-order valence-electron chi connectivity index (χ3n) is 14.6. The molecular weight excluding hydrogens is 807 g/mol. The van der Waals surface area contributed by atoms with Crippen LogP contribution in [0.3, 0.4) is 0 Å². The third kappa shape index (κ3) is 5.88. The van der Waals surface area contributed by atoms with Crippen molar-refractivity contribution in [3.63, 3.8) is 0 Å². The summed E-state index contributed by atoms with van der Waals surface area (Å²) in [4.78, 5) is 2.50. The first-order chi connectivity index (χ1) is 33.2. The van der Waals surface area contributed by atoms with Crippen molar-refractivity contribution >= 4 is 27.8 Å². The summed E-state index contributed by atoms with van der Waals surface area (Å²) in [5.74, 6) is 0. The molecule has 0 N–H and O–H groups in total. The highest BCUT2D eigenvalue weighted by atomic mass is 15.1. The van der Waals surface area contributed by atoms with E-state index < -0.39 is 10.8 Å². The minimum atomic E-state index is -0.599. The Bertz CT molecular complexity index is 3590. The molecule has 0 saturated heterocycles. The molecule has 2 aliphatic rings. The zero-order valence-corrected chi connectivity index (χ0v) is 36.9. The maximum Gasteiger partial charge on any atom is 0.0714 e. The maximum absolute atomic E-state index is 2.50. The number of rotatable bonds is 8.